The van der Waals surface area contributed by atoms with E-state index < -0.39 is 28.5 Å². The minimum Gasteiger partial charge on any atom is -0.386 e. The number of H-pyrrole nitrogens is 1. The molecule has 2 aliphatic heterocycles. The van der Waals surface area contributed by atoms with Gasteiger partial charge in [-0.1, -0.05) is 0 Å². The maximum absolute atomic E-state index is 13.3. The topological polar surface area (TPSA) is 122 Å². The molecule has 2 saturated heterocycles. The summed E-state index contributed by atoms with van der Waals surface area (Å²) in [6.45, 7) is 6.90. The lowest BCUT2D eigenvalue weighted by Crippen LogP contribution is -2.58. The van der Waals surface area contributed by atoms with Crippen molar-refractivity contribution in [3.63, 3.8) is 0 Å². The Hall–Kier alpha value is -3.24. The van der Waals surface area contributed by atoms with Gasteiger partial charge in [0.2, 0.25) is 0 Å². The molecule has 10 heteroatoms. The molecule has 0 radical (unpaired) electrons. The highest BCUT2D eigenvalue weighted by Gasteiger charge is 2.49. The number of benzene rings is 1. The number of aromatic amines is 1. The van der Waals surface area contributed by atoms with E-state index in [1.165, 1.54) is 16.8 Å². The number of hydrogen-bond acceptors (Lipinski definition) is 6. The Morgan fingerprint density at radius 3 is 2.66 bits per heavy atom. The van der Waals surface area contributed by atoms with Crippen LogP contribution in [0.15, 0.2) is 46.4 Å². The Bertz CT molecular complexity index is 1380. The molecule has 0 unspecified atom stereocenters. The van der Waals surface area contributed by atoms with Gasteiger partial charge >= 0.3 is 5.69 Å². The highest BCUT2D eigenvalue weighted by molar-refractivity contribution is 5.97. The average molecular weight is 482 g/mol. The van der Waals surface area contributed by atoms with Gasteiger partial charge in [-0.2, -0.15) is 0 Å². The third-order valence-electron chi connectivity index (χ3n) is 7.48. The molecule has 0 aliphatic carbocycles. The standard InChI is InChI=1S/C25H31N5O5/c1-16(2)30-15-26-18-12-17(4-5-19(18)30)22(32)28-10-7-25(8-11-28)13-20(24(3,34)14-35-25)29-9-6-21(31)27-23(29)33/h4-6,9,12,15-16,20,34H,7-8,10-11,13-14H2,1-3H3,(H,27,31,33)/t20-,24-/m0/s1. The van der Waals surface area contributed by atoms with Gasteiger partial charge in [-0.25, -0.2) is 9.78 Å². The number of aromatic nitrogens is 4. The number of likely N-dealkylation sites (tertiary alicyclic amines) is 1. The summed E-state index contributed by atoms with van der Waals surface area (Å²) in [6, 6.07) is 6.64. The molecule has 0 saturated carbocycles. The van der Waals surface area contributed by atoms with Crippen molar-refractivity contribution in [1.82, 2.24) is 24.0 Å². The van der Waals surface area contributed by atoms with Crippen LogP contribution in [0.1, 0.15) is 62.5 Å². The minimum absolute atomic E-state index is 0.0444. The van der Waals surface area contributed by atoms with E-state index in [1.807, 2.05) is 23.1 Å². The van der Waals surface area contributed by atoms with Crippen molar-refractivity contribution >= 4 is 16.9 Å². The number of amides is 1. The fourth-order valence-corrected chi connectivity index (χ4v) is 5.32. The van der Waals surface area contributed by atoms with E-state index in [9.17, 15) is 19.5 Å². The summed E-state index contributed by atoms with van der Waals surface area (Å²) < 4.78 is 9.63. The first kappa shape index (κ1) is 23.5. The Labute approximate surface area is 202 Å². The highest BCUT2D eigenvalue weighted by atomic mass is 16.5. The number of carbonyl (C=O) groups excluding carboxylic acids is 1. The van der Waals surface area contributed by atoms with Crippen LogP contribution < -0.4 is 11.2 Å². The molecule has 1 amide bonds. The molecule has 186 valence electrons. The third kappa shape index (κ3) is 4.21. The van der Waals surface area contributed by atoms with E-state index in [2.05, 4.69) is 28.4 Å². The van der Waals surface area contributed by atoms with Crippen molar-refractivity contribution in [1.29, 1.82) is 0 Å². The van der Waals surface area contributed by atoms with Crippen LogP contribution in [0.2, 0.25) is 0 Å². The van der Waals surface area contributed by atoms with Gasteiger partial charge in [0.1, 0.15) is 5.60 Å². The SMILES string of the molecule is CC(C)n1cnc2cc(C(=O)N3CCC4(CC3)C[C@H](n3ccc(=O)[nH]c3=O)[C@@](C)(O)CO4)ccc21. The second kappa shape index (κ2) is 8.46. The van der Waals surface area contributed by atoms with Gasteiger partial charge in [0.05, 0.1) is 35.6 Å². The fourth-order valence-electron chi connectivity index (χ4n) is 5.32. The molecule has 10 nitrogen and oxygen atoms in total. The van der Waals surface area contributed by atoms with Crippen LogP contribution in [0.4, 0.5) is 0 Å². The highest BCUT2D eigenvalue weighted by Crippen LogP contribution is 2.43. The van der Waals surface area contributed by atoms with Crippen molar-refractivity contribution in [2.75, 3.05) is 19.7 Å². The van der Waals surface area contributed by atoms with Crippen LogP contribution >= 0.6 is 0 Å². The Balaban J connectivity index is 1.32. The van der Waals surface area contributed by atoms with Gasteiger partial charge in [0, 0.05) is 43.4 Å². The molecule has 5 rings (SSSR count). The van der Waals surface area contributed by atoms with E-state index in [-0.39, 0.29) is 18.6 Å². The molecule has 2 N–H and O–H groups in total. The van der Waals surface area contributed by atoms with E-state index in [4.69, 9.17) is 4.74 Å². The molecule has 2 aliphatic rings. The van der Waals surface area contributed by atoms with Crippen LogP contribution in [0.5, 0.6) is 0 Å². The van der Waals surface area contributed by atoms with Crippen LogP contribution in [-0.4, -0.2) is 65.9 Å². The number of piperidine rings is 1. The number of hydrogen-bond donors (Lipinski definition) is 2. The Morgan fingerprint density at radius 1 is 1.23 bits per heavy atom. The monoisotopic (exact) mass is 481 g/mol. The smallest absolute Gasteiger partial charge is 0.328 e. The molecule has 1 aromatic carbocycles. The van der Waals surface area contributed by atoms with Crippen LogP contribution in [0, 0.1) is 0 Å². The molecule has 2 fully saturated rings. The first-order valence-corrected chi connectivity index (χ1v) is 12.0. The molecular weight excluding hydrogens is 450 g/mol. The molecule has 35 heavy (non-hydrogen) atoms. The van der Waals surface area contributed by atoms with Gasteiger partial charge in [-0.3, -0.25) is 19.1 Å². The zero-order valence-corrected chi connectivity index (χ0v) is 20.2. The number of imidazole rings is 1. The second-order valence-corrected chi connectivity index (χ2v) is 10.3. The van der Waals surface area contributed by atoms with Crippen molar-refractivity contribution in [2.24, 2.45) is 0 Å². The summed E-state index contributed by atoms with van der Waals surface area (Å²) in [5.74, 6) is -0.0444. The number of carbonyl (C=O) groups is 1. The molecular formula is C25H31N5O5. The summed E-state index contributed by atoms with van der Waals surface area (Å²) in [7, 11) is 0. The van der Waals surface area contributed by atoms with Crippen molar-refractivity contribution < 1.29 is 14.6 Å². The molecule has 3 aromatic rings. The lowest BCUT2D eigenvalue weighted by Gasteiger charge is -2.51. The minimum atomic E-state index is -1.27. The number of rotatable bonds is 3. The quantitative estimate of drug-likeness (QED) is 0.589. The van der Waals surface area contributed by atoms with E-state index in [0.717, 1.165) is 11.0 Å². The normalized spacial score (nSPS) is 24.4. The van der Waals surface area contributed by atoms with Gasteiger partial charge in [0.25, 0.3) is 11.5 Å². The molecule has 1 spiro atoms. The van der Waals surface area contributed by atoms with Crippen LogP contribution in [0.25, 0.3) is 11.0 Å². The van der Waals surface area contributed by atoms with E-state index in [0.29, 0.717) is 37.9 Å². The fraction of sp³-hybridized carbons (Fsp3) is 0.520. The first-order chi connectivity index (χ1) is 16.6. The first-order valence-electron chi connectivity index (χ1n) is 12.0. The van der Waals surface area contributed by atoms with Gasteiger partial charge < -0.3 is 19.3 Å². The maximum atomic E-state index is 13.3. The summed E-state index contributed by atoms with van der Waals surface area (Å²) >= 11 is 0. The number of nitrogens with one attached hydrogen (secondary N) is 1. The Kier molecular flexibility index (Phi) is 5.68. The molecule has 4 heterocycles. The summed E-state index contributed by atoms with van der Waals surface area (Å²) in [5, 5.41) is 11.0. The maximum Gasteiger partial charge on any atom is 0.328 e. The third-order valence-corrected chi connectivity index (χ3v) is 7.48. The predicted octanol–water partition coefficient (Wildman–Crippen LogP) is 1.85. The molecule has 2 atom stereocenters. The van der Waals surface area contributed by atoms with Crippen molar-refractivity contribution in [2.45, 2.75) is 63.3 Å². The number of aliphatic hydroxyl groups is 1. The van der Waals surface area contributed by atoms with Gasteiger partial charge in [-0.05, 0) is 51.8 Å². The number of fused-ring (bicyclic) bond motifs is 1. The summed E-state index contributed by atoms with van der Waals surface area (Å²) in [4.78, 5) is 45.7. The lowest BCUT2D eigenvalue weighted by atomic mass is 9.77. The largest absolute Gasteiger partial charge is 0.386 e. The van der Waals surface area contributed by atoms with Gasteiger partial charge in [0.15, 0.2) is 0 Å². The zero-order chi connectivity index (χ0) is 25.0. The second-order valence-electron chi connectivity index (χ2n) is 10.3. The summed E-state index contributed by atoms with van der Waals surface area (Å²) in [6.07, 6.45) is 4.82. The number of ether oxygens (including phenoxy) is 1. The van der Waals surface area contributed by atoms with E-state index >= 15 is 0 Å². The Morgan fingerprint density at radius 2 is 1.97 bits per heavy atom. The van der Waals surface area contributed by atoms with Crippen LogP contribution in [-0.2, 0) is 4.74 Å². The van der Waals surface area contributed by atoms with Crippen molar-refractivity contribution in [3.8, 4) is 0 Å². The van der Waals surface area contributed by atoms with E-state index in [1.54, 1.807) is 13.3 Å². The average Bonchev–Trinajstić information content (AvgIpc) is 3.25. The number of nitrogens with zero attached hydrogens (tertiary/aromatic N) is 4. The zero-order valence-electron chi connectivity index (χ0n) is 20.2. The molecule has 2 aromatic heterocycles. The lowest BCUT2D eigenvalue weighted by molar-refractivity contribution is -0.199. The van der Waals surface area contributed by atoms with Gasteiger partial charge in [-0.15, -0.1) is 0 Å². The summed E-state index contributed by atoms with van der Waals surface area (Å²) in [5.41, 5.74) is -0.455. The predicted molar refractivity (Wildman–Crippen MR) is 130 cm³/mol. The molecule has 0 bridgehead atoms. The van der Waals surface area contributed by atoms with Crippen molar-refractivity contribution in [3.05, 3.63) is 63.2 Å². The van der Waals surface area contributed by atoms with Crippen LogP contribution in [0.3, 0.4) is 0 Å².